The van der Waals surface area contributed by atoms with E-state index in [0.29, 0.717) is 6.42 Å². The third-order valence-corrected chi connectivity index (χ3v) is 3.43. The second kappa shape index (κ2) is 15.3. The van der Waals surface area contributed by atoms with Crippen LogP contribution >= 0.6 is 0 Å². The molecule has 21 heavy (non-hydrogen) atoms. The van der Waals surface area contributed by atoms with Crippen molar-refractivity contribution >= 4 is 5.97 Å². The van der Waals surface area contributed by atoms with Crippen LogP contribution in [0.5, 0.6) is 0 Å². The fraction of sp³-hybridized carbons (Fsp3) is 0.722. The van der Waals surface area contributed by atoms with E-state index in [4.69, 9.17) is 5.11 Å². The molecule has 0 fully saturated rings. The van der Waals surface area contributed by atoms with E-state index in [1.165, 1.54) is 12.8 Å². The molecule has 0 amide bonds. The van der Waals surface area contributed by atoms with Crippen molar-refractivity contribution in [3.05, 3.63) is 24.3 Å². The Bertz CT molecular complexity index is 295. The summed E-state index contributed by atoms with van der Waals surface area (Å²) < 4.78 is 0. The minimum atomic E-state index is -0.693. The molecular weight excluding hydrogens is 264 g/mol. The number of aliphatic hydroxyl groups excluding tert-OH is 1. The molecule has 122 valence electrons. The highest BCUT2D eigenvalue weighted by atomic mass is 16.4. The van der Waals surface area contributed by atoms with E-state index in [9.17, 15) is 9.90 Å². The number of rotatable bonds is 14. The van der Waals surface area contributed by atoms with Crippen LogP contribution in [0.4, 0.5) is 0 Å². The van der Waals surface area contributed by atoms with Crippen LogP contribution in [0.2, 0.25) is 0 Å². The van der Waals surface area contributed by atoms with Gasteiger partial charge in [0.05, 0.1) is 6.10 Å². The van der Waals surface area contributed by atoms with E-state index in [0.717, 1.165) is 51.4 Å². The Balaban J connectivity index is 3.32. The maximum Gasteiger partial charge on any atom is 0.303 e. The second-order valence-corrected chi connectivity index (χ2v) is 5.58. The monoisotopic (exact) mass is 296 g/mol. The molecule has 0 radical (unpaired) electrons. The van der Waals surface area contributed by atoms with E-state index in [2.05, 4.69) is 13.0 Å². The minimum Gasteiger partial charge on any atom is -0.481 e. The smallest absolute Gasteiger partial charge is 0.303 e. The molecule has 0 saturated carbocycles. The number of carboxylic acid groups (broad SMARTS) is 1. The van der Waals surface area contributed by atoms with E-state index >= 15 is 0 Å². The fourth-order valence-electron chi connectivity index (χ4n) is 2.14. The first-order valence-corrected chi connectivity index (χ1v) is 8.40. The van der Waals surface area contributed by atoms with Gasteiger partial charge in [0.1, 0.15) is 0 Å². The number of hydrogen-bond acceptors (Lipinski definition) is 2. The number of hydrogen-bond donors (Lipinski definition) is 2. The Labute approximate surface area is 129 Å². The minimum absolute atomic E-state index is 0.297. The van der Waals surface area contributed by atoms with Crippen molar-refractivity contribution < 1.29 is 15.0 Å². The standard InChI is InChI=1S/C18H32O3/c1-2-3-4-8-11-14-17(19)15-12-9-6-5-7-10-13-16-18(20)21/h4,8,11,14,17,19H,2-3,5-7,9-10,12-13,15-16H2,1H3,(H,20,21)/b8-4+,14-11+. The van der Waals surface area contributed by atoms with Crippen LogP contribution < -0.4 is 0 Å². The molecule has 0 aliphatic rings. The van der Waals surface area contributed by atoms with Gasteiger partial charge in [-0.1, -0.05) is 76.2 Å². The van der Waals surface area contributed by atoms with E-state index in [1.54, 1.807) is 0 Å². The summed E-state index contributed by atoms with van der Waals surface area (Å²) in [7, 11) is 0. The average molecular weight is 296 g/mol. The maximum atomic E-state index is 10.3. The Morgan fingerprint density at radius 2 is 1.62 bits per heavy atom. The molecule has 1 unspecified atom stereocenters. The second-order valence-electron chi connectivity index (χ2n) is 5.58. The quantitative estimate of drug-likeness (QED) is 0.355. The summed E-state index contributed by atoms with van der Waals surface area (Å²) in [5.74, 6) is -0.693. The fourth-order valence-corrected chi connectivity index (χ4v) is 2.14. The first kappa shape index (κ1) is 19.9. The van der Waals surface area contributed by atoms with E-state index in [-0.39, 0.29) is 6.10 Å². The van der Waals surface area contributed by atoms with Crippen molar-refractivity contribution in [3.63, 3.8) is 0 Å². The summed E-state index contributed by atoms with van der Waals surface area (Å²) in [5, 5.41) is 18.3. The molecule has 0 aliphatic heterocycles. The summed E-state index contributed by atoms with van der Waals surface area (Å²) >= 11 is 0. The Hall–Kier alpha value is -1.09. The van der Waals surface area contributed by atoms with Gasteiger partial charge in [0.25, 0.3) is 0 Å². The van der Waals surface area contributed by atoms with Crippen molar-refractivity contribution in [2.75, 3.05) is 0 Å². The molecular formula is C18H32O3. The SMILES string of the molecule is CCC/C=C/C=C/C(O)CCCCCCCCCC(=O)O. The molecule has 0 heterocycles. The lowest BCUT2D eigenvalue weighted by atomic mass is 10.1. The highest BCUT2D eigenvalue weighted by molar-refractivity contribution is 5.66. The highest BCUT2D eigenvalue weighted by Crippen LogP contribution is 2.11. The molecule has 0 aromatic carbocycles. The lowest BCUT2D eigenvalue weighted by molar-refractivity contribution is -0.137. The molecule has 1 atom stereocenters. The molecule has 0 aromatic heterocycles. The largest absolute Gasteiger partial charge is 0.481 e. The van der Waals surface area contributed by atoms with Crippen molar-refractivity contribution in [1.82, 2.24) is 0 Å². The third kappa shape index (κ3) is 16.9. The van der Waals surface area contributed by atoms with Gasteiger partial charge in [0.2, 0.25) is 0 Å². The van der Waals surface area contributed by atoms with Gasteiger partial charge in [-0.15, -0.1) is 0 Å². The van der Waals surface area contributed by atoms with Crippen LogP contribution in [0.1, 0.15) is 77.6 Å². The average Bonchev–Trinajstić information content (AvgIpc) is 2.45. The van der Waals surface area contributed by atoms with Gasteiger partial charge in [-0.25, -0.2) is 0 Å². The van der Waals surface area contributed by atoms with Crippen LogP contribution in [0.15, 0.2) is 24.3 Å². The summed E-state index contributed by atoms with van der Waals surface area (Å²) in [6.07, 6.45) is 18.5. The highest BCUT2D eigenvalue weighted by Gasteiger charge is 1.99. The molecule has 2 N–H and O–H groups in total. The van der Waals surface area contributed by atoms with Crippen molar-refractivity contribution in [3.8, 4) is 0 Å². The summed E-state index contributed by atoms with van der Waals surface area (Å²) in [4.78, 5) is 10.3. The van der Waals surface area contributed by atoms with Crippen LogP contribution in [-0.4, -0.2) is 22.3 Å². The number of unbranched alkanes of at least 4 members (excludes halogenated alkanes) is 7. The summed E-state index contributed by atoms with van der Waals surface area (Å²) in [6.45, 7) is 2.15. The van der Waals surface area contributed by atoms with Crippen LogP contribution in [-0.2, 0) is 4.79 Å². The van der Waals surface area contributed by atoms with Gasteiger partial charge in [0.15, 0.2) is 0 Å². The number of aliphatic carboxylic acids is 1. The van der Waals surface area contributed by atoms with Crippen LogP contribution in [0, 0.1) is 0 Å². The maximum absolute atomic E-state index is 10.3. The molecule has 0 aromatic rings. The van der Waals surface area contributed by atoms with Gasteiger partial charge in [0, 0.05) is 6.42 Å². The van der Waals surface area contributed by atoms with Gasteiger partial charge < -0.3 is 10.2 Å². The Morgan fingerprint density at radius 1 is 1.00 bits per heavy atom. The predicted octanol–water partition coefficient (Wildman–Crippen LogP) is 4.86. The third-order valence-electron chi connectivity index (χ3n) is 3.43. The number of carboxylic acids is 1. The van der Waals surface area contributed by atoms with Gasteiger partial charge >= 0.3 is 5.97 Å². The zero-order valence-corrected chi connectivity index (χ0v) is 13.5. The molecule has 3 heteroatoms. The lowest BCUT2D eigenvalue weighted by Crippen LogP contribution is -2.01. The van der Waals surface area contributed by atoms with E-state index in [1.807, 2.05) is 18.2 Å². The number of carbonyl (C=O) groups is 1. The van der Waals surface area contributed by atoms with Crippen molar-refractivity contribution in [2.45, 2.75) is 83.7 Å². The number of allylic oxidation sites excluding steroid dienone is 3. The summed E-state index contributed by atoms with van der Waals surface area (Å²) in [6, 6.07) is 0. The first-order valence-electron chi connectivity index (χ1n) is 8.40. The van der Waals surface area contributed by atoms with Gasteiger partial charge in [-0.2, -0.15) is 0 Å². The van der Waals surface area contributed by atoms with Gasteiger partial charge in [-0.05, 0) is 19.3 Å². The number of aliphatic hydroxyl groups is 1. The molecule has 0 spiro atoms. The normalized spacial score (nSPS) is 13.2. The predicted molar refractivity (Wildman–Crippen MR) is 88.4 cm³/mol. The van der Waals surface area contributed by atoms with Crippen LogP contribution in [0.25, 0.3) is 0 Å². The zero-order chi connectivity index (χ0) is 15.8. The lowest BCUT2D eigenvalue weighted by Gasteiger charge is -2.05. The Kier molecular flexibility index (Phi) is 14.5. The van der Waals surface area contributed by atoms with Gasteiger partial charge in [-0.3, -0.25) is 4.79 Å². The topological polar surface area (TPSA) is 57.5 Å². The molecule has 0 saturated heterocycles. The van der Waals surface area contributed by atoms with E-state index < -0.39 is 5.97 Å². The Morgan fingerprint density at radius 3 is 2.24 bits per heavy atom. The first-order chi connectivity index (χ1) is 10.2. The zero-order valence-electron chi connectivity index (χ0n) is 13.5. The van der Waals surface area contributed by atoms with Crippen molar-refractivity contribution in [1.29, 1.82) is 0 Å². The molecule has 3 nitrogen and oxygen atoms in total. The summed E-state index contributed by atoms with van der Waals surface area (Å²) in [5.41, 5.74) is 0. The van der Waals surface area contributed by atoms with Crippen molar-refractivity contribution in [2.24, 2.45) is 0 Å². The molecule has 0 bridgehead atoms. The molecule has 0 aliphatic carbocycles. The van der Waals surface area contributed by atoms with Crippen LogP contribution in [0.3, 0.4) is 0 Å². The molecule has 0 rings (SSSR count).